The highest BCUT2D eigenvalue weighted by Gasteiger charge is 2.11. The molecule has 0 radical (unpaired) electrons. The summed E-state index contributed by atoms with van der Waals surface area (Å²) in [4.78, 5) is 16.8. The molecule has 0 aliphatic heterocycles. The number of rotatable bonds is 5. The van der Waals surface area contributed by atoms with E-state index in [1.165, 1.54) is 0 Å². The van der Waals surface area contributed by atoms with Gasteiger partial charge in [-0.25, -0.2) is 4.98 Å². The molecule has 146 valence electrons. The SMILES string of the molecule is Cc1cccc(-c2nc3cc(NC(=O)COc4ccc(Cl)c(C)c4)ccc3o2)c1. The molecule has 1 N–H and O–H groups in total. The number of carbonyl (C=O) groups is 1. The van der Waals surface area contributed by atoms with Gasteiger partial charge in [-0.1, -0.05) is 29.3 Å². The Morgan fingerprint density at radius 3 is 2.76 bits per heavy atom. The monoisotopic (exact) mass is 406 g/mol. The molecule has 0 unspecified atom stereocenters. The first-order chi connectivity index (χ1) is 14.0. The molecule has 0 spiro atoms. The molecule has 0 fully saturated rings. The van der Waals surface area contributed by atoms with Crippen molar-refractivity contribution in [1.29, 1.82) is 0 Å². The van der Waals surface area contributed by atoms with Crippen molar-refractivity contribution in [3.63, 3.8) is 0 Å². The second-order valence-electron chi connectivity index (χ2n) is 6.82. The molecule has 1 amide bonds. The maximum Gasteiger partial charge on any atom is 0.262 e. The van der Waals surface area contributed by atoms with Crippen LogP contribution in [0, 0.1) is 13.8 Å². The number of nitrogens with zero attached hydrogens (tertiary/aromatic N) is 1. The lowest BCUT2D eigenvalue weighted by Crippen LogP contribution is -2.20. The van der Waals surface area contributed by atoms with Gasteiger partial charge in [-0.3, -0.25) is 4.79 Å². The summed E-state index contributed by atoms with van der Waals surface area (Å²) in [5.74, 6) is 0.879. The number of halogens is 1. The van der Waals surface area contributed by atoms with Gasteiger partial charge in [0.2, 0.25) is 5.89 Å². The predicted octanol–water partition coefficient (Wildman–Crippen LogP) is 5.78. The molecule has 0 saturated carbocycles. The minimum atomic E-state index is -0.264. The molecule has 4 rings (SSSR count). The molecular weight excluding hydrogens is 388 g/mol. The molecule has 4 aromatic rings. The summed E-state index contributed by atoms with van der Waals surface area (Å²) in [5.41, 5.74) is 4.90. The van der Waals surface area contributed by atoms with Gasteiger partial charge in [-0.15, -0.1) is 0 Å². The van der Waals surface area contributed by atoms with E-state index < -0.39 is 0 Å². The third-order valence-corrected chi connectivity index (χ3v) is 4.86. The zero-order chi connectivity index (χ0) is 20.4. The Balaban J connectivity index is 1.45. The average Bonchev–Trinajstić information content (AvgIpc) is 3.12. The van der Waals surface area contributed by atoms with Crippen LogP contribution in [0.25, 0.3) is 22.6 Å². The highest BCUT2D eigenvalue weighted by Crippen LogP contribution is 2.27. The van der Waals surface area contributed by atoms with E-state index >= 15 is 0 Å². The topological polar surface area (TPSA) is 64.4 Å². The molecule has 6 heteroatoms. The lowest BCUT2D eigenvalue weighted by Gasteiger charge is -2.08. The van der Waals surface area contributed by atoms with E-state index in [2.05, 4.69) is 10.3 Å². The third-order valence-electron chi connectivity index (χ3n) is 4.44. The van der Waals surface area contributed by atoms with Crippen molar-refractivity contribution in [2.24, 2.45) is 0 Å². The molecule has 0 bridgehead atoms. The van der Waals surface area contributed by atoms with Crippen molar-refractivity contribution < 1.29 is 13.9 Å². The number of hydrogen-bond donors (Lipinski definition) is 1. The first kappa shape index (κ1) is 19.0. The summed E-state index contributed by atoms with van der Waals surface area (Å²) < 4.78 is 11.4. The van der Waals surface area contributed by atoms with E-state index in [4.69, 9.17) is 20.8 Å². The van der Waals surface area contributed by atoms with Crippen molar-refractivity contribution >= 4 is 34.3 Å². The van der Waals surface area contributed by atoms with Crippen molar-refractivity contribution in [1.82, 2.24) is 4.98 Å². The number of anilines is 1. The normalized spacial score (nSPS) is 10.9. The Bertz CT molecular complexity index is 1200. The fourth-order valence-electron chi connectivity index (χ4n) is 2.96. The smallest absolute Gasteiger partial charge is 0.262 e. The number of benzene rings is 3. The van der Waals surface area contributed by atoms with Crippen molar-refractivity contribution in [2.45, 2.75) is 13.8 Å². The molecule has 29 heavy (non-hydrogen) atoms. The Hall–Kier alpha value is -3.31. The number of hydrogen-bond acceptors (Lipinski definition) is 4. The molecular formula is C23H19ClN2O3. The molecule has 0 aliphatic rings. The van der Waals surface area contributed by atoms with Crippen molar-refractivity contribution in [3.05, 3.63) is 76.8 Å². The first-order valence-electron chi connectivity index (χ1n) is 9.14. The second-order valence-corrected chi connectivity index (χ2v) is 7.23. The summed E-state index contributed by atoms with van der Waals surface area (Å²) in [7, 11) is 0. The molecule has 1 aromatic heterocycles. The molecule has 3 aromatic carbocycles. The van der Waals surface area contributed by atoms with Crippen LogP contribution < -0.4 is 10.1 Å². The number of oxazole rings is 1. The molecule has 0 aliphatic carbocycles. The molecule has 0 saturated heterocycles. The van der Waals surface area contributed by atoms with E-state index in [0.717, 1.165) is 16.7 Å². The summed E-state index contributed by atoms with van der Waals surface area (Å²) in [6.07, 6.45) is 0. The first-order valence-corrected chi connectivity index (χ1v) is 9.52. The van der Waals surface area contributed by atoms with Gasteiger partial charge in [0.25, 0.3) is 5.91 Å². The minimum absolute atomic E-state index is 0.105. The second kappa shape index (κ2) is 7.97. The fraction of sp³-hybridized carbons (Fsp3) is 0.130. The van der Waals surface area contributed by atoms with Crippen LogP contribution in [0.3, 0.4) is 0 Å². The maximum atomic E-state index is 12.2. The molecule has 0 atom stereocenters. The van der Waals surface area contributed by atoms with Gasteiger partial charge >= 0.3 is 0 Å². The highest BCUT2D eigenvalue weighted by atomic mass is 35.5. The third kappa shape index (κ3) is 4.41. The number of amides is 1. The Morgan fingerprint density at radius 1 is 1.10 bits per heavy atom. The van der Waals surface area contributed by atoms with E-state index in [1.54, 1.807) is 36.4 Å². The van der Waals surface area contributed by atoms with Crippen LogP contribution in [0.5, 0.6) is 5.75 Å². The summed E-state index contributed by atoms with van der Waals surface area (Å²) in [5, 5.41) is 3.48. The summed E-state index contributed by atoms with van der Waals surface area (Å²) >= 11 is 6.00. The predicted molar refractivity (Wildman–Crippen MR) is 114 cm³/mol. The van der Waals surface area contributed by atoms with E-state index in [0.29, 0.717) is 33.4 Å². The van der Waals surface area contributed by atoms with Crippen molar-refractivity contribution in [2.75, 3.05) is 11.9 Å². The van der Waals surface area contributed by atoms with E-state index in [1.807, 2.05) is 38.1 Å². The standard InChI is InChI=1S/C23H19ClN2O3/c1-14-4-3-5-16(10-14)23-26-20-12-17(6-9-21(20)29-23)25-22(27)13-28-18-7-8-19(24)15(2)11-18/h3-12H,13H2,1-2H3,(H,25,27). The maximum absolute atomic E-state index is 12.2. The number of aromatic nitrogens is 1. The number of fused-ring (bicyclic) bond motifs is 1. The molecule has 1 heterocycles. The number of ether oxygens (including phenoxy) is 1. The van der Waals surface area contributed by atoms with Gasteiger partial charge in [0, 0.05) is 16.3 Å². The average molecular weight is 407 g/mol. The largest absolute Gasteiger partial charge is 0.484 e. The summed E-state index contributed by atoms with van der Waals surface area (Å²) in [6, 6.07) is 18.6. The lowest BCUT2D eigenvalue weighted by molar-refractivity contribution is -0.118. The van der Waals surface area contributed by atoms with E-state index in [-0.39, 0.29) is 12.5 Å². The van der Waals surface area contributed by atoms with Crippen LogP contribution in [0.15, 0.2) is 65.1 Å². The van der Waals surface area contributed by atoms with Gasteiger partial charge in [-0.05, 0) is 67.9 Å². The van der Waals surface area contributed by atoms with Crippen LogP contribution >= 0.6 is 11.6 Å². The number of nitrogens with one attached hydrogen (secondary N) is 1. The van der Waals surface area contributed by atoms with Gasteiger partial charge in [0.05, 0.1) is 0 Å². The van der Waals surface area contributed by atoms with E-state index in [9.17, 15) is 4.79 Å². The fourth-order valence-corrected chi connectivity index (χ4v) is 3.08. The van der Waals surface area contributed by atoms with Gasteiger partial charge in [0.1, 0.15) is 11.3 Å². The van der Waals surface area contributed by atoms with Gasteiger partial charge in [-0.2, -0.15) is 0 Å². The van der Waals surface area contributed by atoms with Crippen LogP contribution in [0.2, 0.25) is 5.02 Å². The highest BCUT2D eigenvalue weighted by molar-refractivity contribution is 6.31. The molecule has 5 nitrogen and oxygen atoms in total. The zero-order valence-corrected chi connectivity index (χ0v) is 16.8. The van der Waals surface area contributed by atoms with Gasteiger partial charge < -0.3 is 14.5 Å². The number of aryl methyl sites for hydroxylation is 2. The minimum Gasteiger partial charge on any atom is -0.484 e. The Kier molecular flexibility index (Phi) is 5.23. The summed E-state index contributed by atoms with van der Waals surface area (Å²) in [6.45, 7) is 3.80. The number of carbonyl (C=O) groups excluding carboxylic acids is 1. The van der Waals surface area contributed by atoms with Crippen LogP contribution in [0.4, 0.5) is 5.69 Å². The van der Waals surface area contributed by atoms with Crippen LogP contribution in [-0.2, 0) is 4.79 Å². The Morgan fingerprint density at radius 2 is 1.97 bits per heavy atom. The van der Waals surface area contributed by atoms with Crippen LogP contribution in [0.1, 0.15) is 11.1 Å². The van der Waals surface area contributed by atoms with Crippen molar-refractivity contribution in [3.8, 4) is 17.2 Å². The zero-order valence-electron chi connectivity index (χ0n) is 16.0. The Labute approximate surface area is 173 Å². The van der Waals surface area contributed by atoms with Gasteiger partial charge in [0.15, 0.2) is 12.2 Å². The van der Waals surface area contributed by atoms with Crippen LogP contribution in [-0.4, -0.2) is 17.5 Å². The lowest BCUT2D eigenvalue weighted by atomic mass is 10.1. The quantitative estimate of drug-likeness (QED) is 0.456.